The number of nitrogens with zero attached hydrogens (tertiary/aromatic N) is 6. The molecule has 0 spiro atoms. The van der Waals surface area contributed by atoms with Crippen LogP contribution in [0.4, 0.5) is 5.69 Å². The molecule has 5 aromatic rings. The van der Waals surface area contributed by atoms with Gasteiger partial charge in [0.2, 0.25) is 11.8 Å². The van der Waals surface area contributed by atoms with Crippen molar-refractivity contribution in [2.24, 2.45) is 12.8 Å². The Kier molecular flexibility index (Phi) is 7.78. The van der Waals surface area contributed by atoms with Crippen molar-refractivity contribution in [1.82, 2.24) is 30.2 Å². The van der Waals surface area contributed by atoms with Crippen LogP contribution in [0.3, 0.4) is 0 Å². The highest BCUT2D eigenvalue weighted by molar-refractivity contribution is 5.91. The number of carbonyl (C=O) groups excluding carboxylic acids is 2. The Morgan fingerprint density at radius 3 is 2.69 bits per heavy atom. The van der Waals surface area contributed by atoms with Crippen molar-refractivity contribution in [2.45, 2.75) is 31.5 Å². The summed E-state index contributed by atoms with van der Waals surface area (Å²) in [5.41, 5.74) is 12.0. The van der Waals surface area contributed by atoms with Gasteiger partial charge in [0.05, 0.1) is 17.1 Å². The number of aryl methyl sites for hydroxylation is 2. The Bertz CT molecular complexity index is 1720. The van der Waals surface area contributed by atoms with Crippen LogP contribution in [0.1, 0.15) is 17.5 Å². The number of fused-ring (bicyclic) bond motifs is 2. The van der Waals surface area contributed by atoms with Gasteiger partial charge in [0.25, 0.3) is 0 Å². The molecule has 6 rings (SSSR count). The van der Waals surface area contributed by atoms with E-state index in [0.29, 0.717) is 39.0 Å². The third-order valence-corrected chi connectivity index (χ3v) is 7.96. The second kappa shape index (κ2) is 12.0. The number of hydrogen-bond donors (Lipinski definition) is 2. The maximum Gasteiger partial charge on any atom is 0.244 e. The smallest absolute Gasteiger partial charge is 0.244 e. The average molecular weight is 563 g/mol. The summed E-state index contributed by atoms with van der Waals surface area (Å²) >= 11 is 0. The molecule has 2 amide bonds. The molecular weight excluding hydrogens is 528 g/mol. The van der Waals surface area contributed by atoms with Gasteiger partial charge in [-0.15, -0.1) is 5.10 Å². The van der Waals surface area contributed by atoms with Crippen LogP contribution >= 0.6 is 0 Å². The van der Waals surface area contributed by atoms with E-state index in [1.807, 2.05) is 79.8 Å². The van der Waals surface area contributed by atoms with E-state index in [-0.39, 0.29) is 11.8 Å². The fraction of sp³-hybridized carbons (Fsp3) is 0.281. The number of benzene rings is 3. The summed E-state index contributed by atoms with van der Waals surface area (Å²) in [4.78, 5) is 35.6. The third kappa shape index (κ3) is 5.80. The predicted octanol–water partition coefficient (Wildman–Crippen LogP) is 2.81. The lowest BCUT2D eigenvalue weighted by Gasteiger charge is -2.42. The molecule has 42 heavy (non-hydrogen) atoms. The van der Waals surface area contributed by atoms with E-state index in [9.17, 15) is 9.59 Å². The van der Waals surface area contributed by atoms with Crippen LogP contribution in [0, 0.1) is 0 Å². The van der Waals surface area contributed by atoms with Crippen molar-refractivity contribution < 1.29 is 9.59 Å². The monoisotopic (exact) mass is 562 g/mol. The second-order valence-corrected chi connectivity index (χ2v) is 10.8. The Balaban J connectivity index is 1.20. The Labute approximate surface area is 244 Å². The molecule has 0 saturated carbocycles. The van der Waals surface area contributed by atoms with Crippen LogP contribution < -0.4 is 16.0 Å². The van der Waals surface area contributed by atoms with Crippen LogP contribution in [0.15, 0.2) is 85.1 Å². The summed E-state index contributed by atoms with van der Waals surface area (Å²) in [7, 11) is 1.84. The first-order valence-corrected chi connectivity index (χ1v) is 14.2. The van der Waals surface area contributed by atoms with Crippen LogP contribution in [-0.2, 0) is 29.6 Å². The molecule has 10 nitrogen and oxygen atoms in total. The molecule has 2 aromatic heterocycles. The summed E-state index contributed by atoms with van der Waals surface area (Å²) in [6.45, 7) is 1.66. The van der Waals surface area contributed by atoms with Crippen molar-refractivity contribution in [3.63, 3.8) is 0 Å². The summed E-state index contributed by atoms with van der Waals surface area (Å²) in [5, 5.41) is 12.3. The minimum atomic E-state index is -0.696. The van der Waals surface area contributed by atoms with Gasteiger partial charge in [0, 0.05) is 50.5 Å². The summed E-state index contributed by atoms with van der Waals surface area (Å²) < 4.78 is 1.71. The molecular formula is C32H34N8O2. The van der Waals surface area contributed by atoms with E-state index in [4.69, 9.17) is 5.73 Å². The molecule has 214 valence electrons. The Morgan fingerprint density at radius 2 is 1.83 bits per heavy atom. The number of nitrogens with two attached hydrogens (primary N) is 1. The maximum absolute atomic E-state index is 13.7. The van der Waals surface area contributed by atoms with Crippen molar-refractivity contribution in [3.05, 3.63) is 96.2 Å². The van der Waals surface area contributed by atoms with Gasteiger partial charge < -0.3 is 20.9 Å². The second-order valence-electron chi connectivity index (χ2n) is 10.8. The molecule has 1 aliphatic heterocycles. The van der Waals surface area contributed by atoms with Crippen LogP contribution in [0.25, 0.3) is 21.9 Å². The fourth-order valence-corrected chi connectivity index (χ4v) is 5.57. The maximum atomic E-state index is 13.7. The van der Waals surface area contributed by atoms with Gasteiger partial charge in [-0.2, -0.15) is 0 Å². The molecule has 1 fully saturated rings. The molecule has 1 saturated heterocycles. The number of anilines is 1. The molecule has 10 heteroatoms. The minimum absolute atomic E-state index is 0.200. The van der Waals surface area contributed by atoms with Crippen molar-refractivity contribution in [3.8, 4) is 0 Å². The SMILES string of the molecule is Cn1nnc2cc(CNC(=O)[C@@H]3CN(c4ccc5ncccc5c4)CCN3C(=O)C(N)CCc3ccccc3)ccc21. The highest BCUT2D eigenvalue weighted by Crippen LogP contribution is 2.24. The summed E-state index contributed by atoms with van der Waals surface area (Å²) in [6.07, 6.45) is 2.98. The first-order chi connectivity index (χ1) is 20.5. The van der Waals surface area contributed by atoms with Crippen molar-refractivity contribution in [2.75, 3.05) is 24.5 Å². The van der Waals surface area contributed by atoms with Crippen molar-refractivity contribution >= 4 is 39.4 Å². The molecule has 0 radical (unpaired) electrons. The number of amides is 2. The Morgan fingerprint density at radius 1 is 0.976 bits per heavy atom. The highest BCUT2D eigenvalue weighted by atomic mass is 16.2. The number of hydrogen-bond acceptors (Lipinski definition) is 7. The lowest BCUT2D eigenvalue weighted by Crippen LogP contribution is -2.63. The average Bonchev–Trinajstić information content (AvgIpc) is 3.41. The lowest BCUT2D eigenvalue weighted by atomic mass is 10.0. The standard InChI is InChI=1S/C32H34N8O2/c1-38-29-14-10-23(18-28(29)36-37-38)20-35-31(41)30-21-39(25-11-13-27-24(19-25)8-5-15-34-27)16-17-40(30)32(42)26(33)12-9-22-6-3-2-4-7-22/h2-8,10-11,13-15,18-19,26,30H,9,12,16-17,20-21,33H2,1H3,(H,35,41)/t26?,30-/m0/s1. The molecule has 1 aliphatic rings. The van der Waals surface area contributed by atoms with E-state index in [0.717, 1.165) is 38.8 Å². The first kappa shape index (κ1) is 27.3. The molecule has 3 heterocycles. The number of rotatable bonds is 8. The van der Waals surface area contributed by atoms with E-state index < -0.39 is 12.1 Å². The Hall–Kier alpha value is -4.83. The molecule has 0 aliphatic carbocycles. The van der Waals surface area contributed by atoms with Gasteiger partial charge in [0.1, 0.15) is 11.6 Å². The number of piperazine rings is 1. The van der Waals surface area contributed by atoms with Gasteiger partial charge in [-0.05, 0) is 60.4 Å². The predicted molar refractivity (Wildman–Crippen MR) is 163 cm³/mol. The van der Waals surface area contributed by atoms with Crippen LogP contribution in [-0.4, -0.2) is 68.4 Å². The zero-order valence-corrected chi connectivity index (χ0v) is 23.6. The van der Waals surface area contributed by atoms with Crippen LogP contribution in [0.5, 0.6) is 0 Å². The first-order valence-electron chi connectivity index (χ1n) is 14.2. The fourth-order valence-electron chi connectivity index (χ4n) is 5.57. The molecule has 3 aromatic carbocycles. The van der Waals surface area contributed by atoms with Gasteiger partial charge in [0.15, 0.2) is 0 Å². The van der Waals surface area contributed by atoms with E-state index in [1.165, 1.54) is 0 Å². The van der Waals surface area contributed by atoms with Gasteiger partial charge in [-0.1, -0.05) is 47.7 Å². The molecule has 1 unspecified atom stereocenters. The van der Waals surface area contributed by atoms with Crippen LogP contribution in [0.2, 0.25) is 0 Å². The van der Waals surface area contributed by atoms with Crippen molar-refractivity contribution in [1.29, 1.82) is 0 Å². The number of nitrogens with one attached hydrogen (secondary N) is 1. The normalized spacial score (nSPS) is 16.1. The quantitative estimate of drug-likeness (QED) is 0.298. The lowest BCUT2D eigenvalue weighted by molar-refractivity contribution is -0.142. The molecule has 0 bridgehead atoms. The molecule has 3 N–H and O–H groups in total. The van der Waals surface area contributed by atoms with E-state index in [2.05, 4.69) is 31.6 Å². The van der Waals surface area contributed by atoms with Gasteiger partial charge >= 0.3 is 0 Å². The van der Waals surface area contributed by atoms with E-state index in [1.54, 1.807) is 15.8 Å². The molecule has 2 atom stereocenters. The number of pyridine rings is 1. The topological polar surface area (TPSA) is 122 Å². The van der Waals surface area contributed by atoms with Gasteiger partial charge in [-0.25, -0.2) is 4.68 Å². The van der Waals surface area contributed by atoms with Gasteiger partial charge in [-0.3, -0.25) is 14.6 Å². The zero-order valence-electron chi connectivity index (χ0n) is 23.6. The largest absolute Gasteiger partial charge is 0.367 e. The van der Waals surface area contributed by atoms with E-state index >= 15 is 0 Å². The number of carbonyl (C=O) groups is 2. The summed E-state index contributed by atoms with van der Waals surface area (Å²) in [5.74, 6) is -0.417. The number of aromatic nitrogens is 4. The zero-order chi connectivity index (χ0) is 29.1. The third-order valence-electron chi connectivity index (χ3n) is 7.96. The minimum Gasteiger partial charge on any atom is -0.367 e. The highest BCUT2D eigenvalue weighted by Gasteiger charge is 2.37. The summed E-state index contributed by atoms with van der Waals surface area (Å²) in [6, 6.07) is 24.4.